The molecule has 3 saturated heterocycles. The van der Waals surface area contributed by atoms with Crippen LogP contribution < -0.4 is 9.30 Å². The summed E-state index contributed by atoms with van der Waals surface area (Å²) in [6.45, 7) is 5.95. The molecule has 1 unspecified atom stereocenters. The number of carbonyl (C=O) groups excluding carboxylic acids is 1. The van der Waals surface area contributed by atoms with Gasteiger partial charge in [-0.15, -0.1) is 11.1 Å². The molecule has 41 heavy (non-hydrogen) atoms. The van der Waals surface area contributed by atoms with Crippen molar-refractivity contribution in [1.82, 2.24) is 4.90 Å². The van der Waals surface area contributed by atoms with Gasteiger partial charge in [-0.3, -0.25) is 4.90 Å². The molecule has 4 heterocycles. The Bertz CT molecular complexity index is 1580. The van der Waals surface area contributed by atoms with Gasteiger partial charge in [0.05, 0.1) is 30.2 Å². The van der Waals surface area contributed by atoms with E-state index >= 15 is 0 Å². The predicted molar refractivity (Wildman–Crippen MR) is 160 cm³/mol. The quantitative estimate of drug-likeness (QED) is 0.119. The van der Waals surface area contributed by atoms with Crippen molar-refractivity contribution in [1.29, 1.82) is 0 Å². The highest BCUT2D eigenvalue weighted by molar-refractivity contribution is 5.90. The summed E-state index contributed by atoms with van der Waals surface area (Å²) in [4.78, 5) is 16.0. The maximum absolute atomic E-state index is 13.5. The van der Waals surface area contributed by atoms with Crippen LogP contribution in [0.15, 0.2) is 104 Å². The van der Waals surface area contributed by atoms with E-state index in [0.29, 0.717) is 23.1 Å². The van der Waals surface area contributed by atoms with Crippen LogP contribution in [0.4, 0.5) is 0 Å². The van der Waals surface area contributed by atoms with Gasteiger partial charge >= 0.3 is 11.9 Å². The molecule has 3 aromatic carbocycles. The van der Waals surface area contributed by atoms with Crippen LogP contribution in [-0.4, -0.2) is 42.2 Å². The highest BCUT2D eigenvalue weighted by atomic mass is 16.5. The second kappa shape index (κ2) is 11.6. The summed E-state index contributed by atoms with van der Waals surface area (Å²) in [6, 6.07) is 26.6. The van der Waals surface area contributed by atoms with Gasteiger partial charge < -0.3 is 14.6 Å². The standard InChI is InChI=1S/C35H34N2O4/c1-3-25-23-36-18-16-27(25)21-32(36)34(41-35(39)26-12-8-5-9-13-26)29-17-19-37(31-15-14-28(40-2)22-30(29)31)33(38)20-24-10-6-4-7-11-24/h3-15,17,19-20,22,25,27,32,34H,1,16,18,21,23H2,2H3/p+1/b33-20-/t25-,27-,32-,34+/m0/s1. The average molecular weight is 548 g/mol. The smallest absolute Gasteiger partial charge is 0.371 e. The summed E-state index contributed by atoms with van der Waals surface area (Å²) in [5.74, 6) is 1.38. The fourth-order valence-corrected chi connectivity index (χ4v) is 6.42. The summed E-state index contributed by atoms with van der Waals surface area (Å²) >= 11 is 0. The molecular weight excluding hydrogens is 512 g/mol. The lowest BCUT2D eigenvalue weighted by molar-refractivity contribution is -0.570. The van der Waals surface area contributed by atoms with E-state index in [-0.39, 0.29) is 17.9 Å². The molecule has 0 saturated carbocycles. The lowest BCUT2D eigenvalue weighted by Gasteiger charge is -2.51. The molecule has 6 nitrogen and oxygen atoms in total. The third-order valence-electron chi connectivity index (χ3n) is 8.57. The van der Waals surface area contributed by atoms with Crippen molar-refractivity contribution in [2.75, 3.05) is 20.2 Å². The second-order valence-electron chi connectivity index (χ2n) is 10.9. The predicted octanol–water partition coefficient (Wildman–Crippen LogP) is 6.44. The minimum Gasteiger partial charge on any atom is -0.497 e. The Morgan fingerprint density at radius 3 is 2.51 bits per heavy atom. The van der Waals surface area contributed by atoms with Gasteiger partial charge in [0.15, 0.2) is 6.20 Å². The van der Waals surface area contributed by atoms with Crippen LogP contribution in [0, 0.1) is 11.8 Å². The Morgan fingerprint density at radius 1 is 1.07 bits per heavy atom. The van der Waals surface area contributed by atoms with Crippen molar-refractivity contribution >= 4 is 28.8 Å². The average Bonchev–Trinajstić information content (AvgIpc) is 3.03. The number of hydrogen-bond acceptors (Lipinski definition) is 5. The molecule has 0 amide bonds. The molecule has 3 fully saturated rings. The van der Waals surface area contributed by atoms with Crippen LogP contribution >= 0.6 is 0 Å². The normalized spacial score (nSPS) is 22.7. The minimum absolute atomic E-state index is 0.0244. The lowest BCUT2D eigenvalue weighted by atomic mass is 9.73. The first kappa shape index (κ1) is 26.8. The van der Waals surface area contributed by atoms with E-state index in [1.165, 1.54) is 0 Å². The Balaban J connectivity index is 1.47. The van der Waals surface area contributed by atoms with Crippen molar-refractivity contribution in [3.05, 3.63) is 120 Å². The van der Waals surface area contributed by atoms with Gasteiger partial charge in [0.2, 0.25) is 5.52 Å². The molecule has 5 atom stereocenters. The SMILES string of the molecule is C=C[C@H]1CN2CC[C@H]1C[C@H]2[C@H](OC(=O)c1ccccc1)c1cc[n+](/C(O)=C/c2ccccc2)c2ccc(OC)cc12. The molecule has 0 aliphatic carbocycles. The molecule has 3 aliphatic rings. The van der Waals surface area contributed by atoms with E-state index < -0.39 is 6.10 Å². The van der Waals surface area contributed by atoms with Gasteiger partial charge in [0.1, 0.15) is 11.9 Å². The Kier molecular flexibility index (Phi) is 7.57. The van der Waals surface area contributed by atoms with E-state index in [9.17, 15) is 9.90 Å². The van der Waals surface area contributed by atoms with Gasteiger partial charge in [-0.05, 0) is 61.1 Å². The number of hydrogen-bond donors (Lipinski definition) is 1. The number of esters is 1. The highest BCUT2D eigenvalue weighted by Crippen LogP contribution is 2.44. The first-order valence-electron chi connectivity index (χ1n) is 14.2. The van der Waals surface area contributed by atoms with Crippen LogP contribution in [0.1, 0.15) is 40.4 Å². The molecule has 2 bridgehead atoms. The van der Waals surface area contributed by atoms with Gasteiger partial charge in [0, 0.05) is 24.2 Å². The minimum atomic E-state index is -0.513. The number of piperidine rings is 3. The first-order chi connectivity index (χ1) is 20.1. The van der Waals surface area contributed by atoms with Gasteiger partial charge in [-0.1, -0.05) is 54.6 Å². The number of aliphatic hydroxyl groups excluding tert-OH is 1. The van der Waals surface area contributed by atoms with Crippen molar-refractivity contribution in [3.8, 4) is 5.75 Å². The number of rotatable bonds is 8. The van der Waals surface area contributed by atoms with E-state index in [1.54, 1.807) is 29.9 Å². The molecule has 3 aliphatic heterocycles. The zero-order chi connectivity index (χ0) is 28.3. The van der Waals surface area contributed by atoms with Crippen molar-refractivity contribution < 1.29 is 23.9 Å². The van der Waals surface area contributed by atoms with E-state index in [2.05, 4.69) is 17.6 Å². The van der Waals surface area contributed by atoms with Gasteiger partial charge in [0.25, 0.3) is 0 Å². The monoisotopic (exact) mass is 547 g/mol. The Morgan fingerprint density at radius 2 is 1.83 bits per heavy atom. The highest BCUT2D eigenvalue weighted by Gasteiger charge is 2.44. The summed E-state index contributed by atoms with van der Waals surface area (Å²) in [5, 5.41) is 12.1. The summed E-state index contributed by atoms with van der Waals surface area (Å²) in [7, 11) is 1.64. The van der Waals surface area contributed by atoms with Crippen molar-refractivity contribution in [2.45, 2.75) is 25.0 Å². The van der Waals surface area contributed by atoms with Crippen LogP contribution in [0.3, 0.4) is 0 Å². The van der Waals surface area contributed by atoms with Crippen molar-refractivity contribution in [3.63, 3.8) is 0 Å². The third kappa shape index (κ3) is 5.35. The summed E-state index contributed by atoms with van der Waals surface area (Å²) < 4.78 is 13.8. The maximum atomic E-state index is 13.5. The summed E-state index contributed by atoms with van der Waals surface area (Å²) in [5.41, 5.74) is 3.09. The van der Waals surface area contributed by atoms with Crippen LogP contribution in [0.2, 0.25) is 0 Å². The number of aliphatic hydroxyl groups is 1. The number of nitrogens with zero attached hydrogens (tertiary/aromatic N) is 2. The number of fused-ring (bicyclic) bond motifs is 4. The number of ether oxygens (including phenoxy) is 2. The Labute approximate surface area is 240 Å². The van der Waals surface area contributed by atoms with Crippen LogP contribution in [0.5, 0.6) is 5.75 Å². The Hall–Kier alpha value is -4.42. The van der Waals surface area contributed by atoms with Crippen LogP contribution in [-0.2, 0) is 4.74 Å². The number of aromatic nitrogens is 1. The van der Waals surface area contributed by atoms with Gasteiger partial charge in [-0.25, -0.2) is 4.79 Å². The van der Waals surface area contributed by atoms with Crippen LogP contribution in [0.25, 0.3) is 22.9 Å². The molecule has 1 aromatic heterocycles. The number of benzene rings is 3. The summed E-state index contributed by atoms with van der Waals surface area (Å²) in [6.07, 6.45) is 7.19. The molecule has 0 spiro atoms. The van der Waals surface area contributed by atoms with E-state index in [4.69, 9.17) is 9.47 Å². The fraction of sp³-hybridized carbons (Fsp3) is 0.257. The maximum Gasteiger partial charge on any atom is 0.371 e. The fourth-order valence-electron chi connectivity index (χ4n) is 6.42. The molecule has 4 aromatic rings. The largest absolute Gasteiger partial charge is 0.497 e. The van der Waals surface area contributed by atoms with E-state index in [0.717, 1.165) is 48.0 Å². The molecule has 208 valence electrons. The topological polar surface area (TPSA) is 62.9 Å². The first-order valence-corrected chi connectivity index (χ1v) is 14.2. The van der Waals surface area contributed by atoms with Gasteiger partial charge in [-0.2, -0.15) is 0 Å². The van der Waals surface area contributed by atoms with Crippen molar-refractivity contribution in [2.24, 2.45) is 11.8 Å². The molecule has 7 rings (SSSR count). The molecule has 0 radical (unpaired) electrons. The molecule has 6 heteroatoms. The van der Waals surface area contributed by atoms with E-state index in [1.807, 2.05) is 79.0 Å². The number of carbonyl (C=O) groups is 1. The number of methoxy groups -OCH3 is 1. The number of pyridine rings is 1. The second-order valence-corrected chi connectivity index (χ2v) is 10.9. The zero-order valence-electron chi connectivity index (χ0n) is 23.2. The molecule has 1 N–H and O–H groups in total. The molecular formula is C35H35N2O4+. The zero-order valence-corrected chi connectivity index (χ0v) is 23.2. The third-order valence-corrected chi connectivity index (χ3v) is 8.57. The lowest BCUT2D eigenvalue weighted by Crippen LogP contribution is -2.55.